The number of hydrogen-bond acceptors (Lipinski definition) is 5. The molecule has 3 rings (SSSR count). The SMILES string of the molecule is COc1ccc(Nn2ccn3ncc(C#N)c23)cc1OC. The number of ether oxygens (including phenoxy) is 2. The van der Waals surface area contributed by atoms with Crippen molar-refractivity contribution in [3.63, 3.8) is 0 Å². The van der Waals surface area contributed by atoms with E-state index in [0.717, 1.165) is 5.69 Å². The van der Waals surface area contributed by atoms with Gasteiger partial charge >= 0.3 is 0 Å². The zero-order chi connectivity index (χ0) is 14.8. The lowest BCUT2D eigenvalue weighted by Gasteiger charge is -2.12. The van der Waals surface area contributed by atoms with Crippen LogP contribution in [-0.4, -0.2) is 28.5 Å². The van der Waals surface area contributed by atoms with E-state index >= 15 is 0 Å². The summed E-state index contributed by atoms with van der Waals surface area (Å²) in [7, 11) is 3.17. The van der Waals surface area contributed by atoms with Crippen molar-refractivity contribution < 1.29 is 9.47 Å². The van der Waals surface area contributed by atoms with Gasteiger partial charge in [-0.2, -0.15) is 10.4 Å². The summed E-state index contributed by atoms with van der Waals surface area (Å²) in [4.78, 5) is 0. The van der Waals surface area contributed by atoms with Crippen LogP contribution in [0.2, 0.25) is 0 Å². The molecule has 0 radical (unpaired) electrons. The number of benzene rings is 1. The van der Waals surface area contributed by atoms with E-state index < -0.39 is 0 Å². The molecule has 0 aliphatic heterocycles. The molecule has 0 fully saturated rings. The normalized spacial score (nSPS) is 10.3. The molecule has 0 atom stereocenters. The van der Waals surface area contributed by atoms with Gasteiger partial charge in [0.15, 0.2) is 17.1 Å². The van der Waals surface area contributed by atoms with E-state index in [9.17, 15) is 0 Å². The number of nitrogens with zero attached hydrogens (tertiary/aromatic N) is 4. The average Bonchev–Trinajstić information content (AvgIpc) is 3.10. The van der Waals surface area contributed by atoms with Crippen molar-refractivity contribution in [2.45, 2.75) is 0 Å². The van der Waals surface area contributed by atoms with E-state index in [1.165, 1.54) is 6.20 Å². The molecule has 21 heavy (non-hydrogen) atoms. The third-order valence-electron chi connectivity index (χ3n) is 3.11. The molecule has 7 nitrogen and oxygen atoms in total. The lowest BCUT2D eigenvalue weighted by Crippen LogP contribution is -2.08. The van der Waals surface area contributed by atoms with Crippen LogP contribution in [0.3, 0.4) is 0 Å². The highest BCUT2D eigenvalue weighted by atomic mass is 16.5. The quantitative estimate of drug-likeness (QED) is 0.791. The fraction of sp³-hybridized carbons (Fsp3) is 0.143. The Kier molecular flexibility index (Phi) is 3.12. The minimum atomic E-state index is 0.493. The van der Waals surface area contributed by atoms with Crippen molar-refractivity contribution in [3.05, 3.63) is 42.4 Å². The van der Waals surface area contributed by atoms with Crippen molar-refractivity contribution in [3.8, 4) is 17.6 Å². The van der Waals surface area contributed by atoms with Crippen LogP contribution in [0.1, 0.15) is 5.56 Å². The van der Waals surface area contributed by atoms with Crippen LogP contribution in [0.5, 0.6) is 11.5 Å². The predicted octanol–water partition coefficient (Wildman–Crippen LogP) is 1.90. The van der Waals surface area contributed by atoms with Crippen LogP contribution in [0.15, 0.2) is 36.8 Å². The highest BCUT2D eigenvalue weighted by Crippen LogP contribution is 2.30. The van der Waals surface area contributed by atoms with Gasteiger partial charge in [-0.25, -0.2) is 9.19 Å². The predicted molar refractivity (Wildman–Crippen MR) is 76.5 cm³/mol. The van der Waals surface area contributed by atoms with Gasteiger partial charge in [0.25, 0.3) is 0 Å². The van der Waals surface area contributed by atoms with Crippen LogP contribution in [0.4, 0.5) is 5.69 Å². The first kappa shape index (κ1) is 12.9. The Hall–Kier alpha value is -3.14. The molecular formula is C14H13N5O2. The number of nitriles is 1. The number of anilines is 1. The number of imidazole rings is 1. The van der Waals surface area contributed by atoms with Gasteiger partial charge in [0.05, 0.1) is 26.1 Å². The van der Waals surface area contributed by atoms with Gasteiger partial charge in [0.1, 0.15) is 11.6 Å². The van der Waals surface area contributed by atoms with Gasteiger partial charge < -0.3 is 9.47 Å². The minimum absolute atomic E-state index is 0.493. The van der Waals surface area contributed by atoms with Crippen molar-refractivity contribution in [1.29, 1.82) is 5.26 Å². The fourth-order valence-electron chi connectivity index (χ4n) is 2.12. The third kappa shape index (κ3) is 2.12. The molecule has 106 valence electrons. The Labute approximate surface area is 120 Å². The van der Waals surface area contributed by atoms with Gasteiger partial charge in [0, 0.05) is 18.5 Å². The number of rotatable bonds is 4. The largest absolute Gasteiger partial charge is 0.493 e. The maximum Gasteiger partial charge on any atom is 0.172 e. The summed E-state index contributed by atoms with van der Waals surface area (Å²) in [6.07, 6.45) is 5.09. The number of nitrogens with one attached hydrogen (secondary N) is 1. The maximum absolute atomic E-state index is 9.10. The summed E-state index contributed by atoms with van der Waals surface area (Å²) in [6.45, 7) is 0. The number of fused-ring (bicyclic) bond motifs is 1. The van der Waals surface area contributed by atoms with Crippen molar-refractivity contribution in [2.24, 2.45) is 0 Å². The van der Waals surface area contributed by atoms with Gasteiger partial charge in [-0.1, -0.05) is 0 Å². The second-order valence-corrected chi connectivity index (χ2v) is 4.29. The molecule has 2 aromatic heterocycles. The van der Waals surface area contributed by atoms with Crippen molar-refractivity contribution >= 4 is 11.3 Å². The highest BCUT2D eigenvalue weighted by molar-refractivity contribution is 5.59. The van der Waals surface area contributed by atoms with Crippen molar-refractivity contribution in [1.82, 2.24) is 14.3 Å². The first-order chi connectivity index (χ1) is 10.3. The van der Waals surface area contributed by atoms with Gasteiger partial charge in [-0.05, 0) is 12.1 Å². The van der Waals surface area contributed by atoms with Crippen LogP contribution in [0.25, 0.3) is 5.65 Å². The minimum Gasteiger partial charge on any atom is -0.493 e. The first-order valence-corrected chi connectivity index (χ1v) is 6.20. The third-order valence-corrected chi connectivity index (χ3v) is 3.11. The molecule has 0 spiro atoms. The number of hydrogen-bond donors (Lipinski definition) is 1. The summed E-state index contributed by atoms with van der Waals surface area (Å²) in [5.41, 5.74) is 5.15. The van der Waals surface area contributed by atoms with E-state index in [4.69, 9.17) is 14.7 Å². The van der Waals surface area contributed by atoms with Crippen LogP contribution >= 0.6 is 0 Å². The second-order valence-electron chi connectivity index (χ2n) is 4.29. The van der Waals surface area contributed by atoms with Crippen LogP contribution in [0, 0.1) is 11.3 Å². The van der Waals surface area contributed by atoms with E-state index in [-0.39, 0.29) is 0 Å². The van der Waals surface area contributed by atoms with Crippen LogP contribution < -0.4 is 14.9 Å². The average molecular weight is 283 g/mol. The second kappa shape index (κ2) is 5.09. The monoisotopic (exact) mass is 283 g/mol. The Bertz CT molecular complexity index is 828. The summed E-state index contributed by atoms with van der Waals surface area (Å²) in [6, 6.07) is 7.60. The standard InChI is InChI=1S/C14H13N5O2/c1-20-12-4-3-11(7-13(12)21-2)17-19-6-5-18-14(19)10(8-15)9-16-18/h3-7,9,17H,1-2H3. The van der Waals surface area contributed by atoms with Gasteiger partial charge in [-0.15, -0.1) is 0 Å². The summed E-state index contributed by atoms with van der Waals surface area (Å²) in [5, 5.41) is 13.2. The molecular weight excluding hydrogens is 270 g/mol. The Morgan fingerprint density at radius 1 is 1.19 bits per heavy atom. The van der Waals surface area contributed by atoms with E-state index in [1.807, 2.05) is 18.2 Å². The van der Waals surface area contributed by atoms with Gasteiger partial charge in [-0.3, -0.25) is 5.43 Å². The Morgan fingerprint density at radius 2 is 2.00 bits per heavy atom. The zero-order valence-electron chi connectivity index (χ0n) is 11.6. The van der Waals surface area contributed by atoms with Gasteiger partial charge in [0.2, 0.25) is 0 Å². The molecule has 3 aromatic rings. The molecule has 1 N–H and O–H groups in total. The van der Waals surface area contributed by atoms with Crippen LogP contribution in [-0.2, 0) is 0 Å². The summed E-state index contributed by atoms with van der Waals surface area (Å²) < 4.78 is 13.8. The molecule has 0 unspecified atom stereocenters. The Balaban J connectivity index is 1.99. The smallest absolute Gasteiger partial charge is 0.172 e. The first-order valence-electron chi connectivity index (χ1n) is 6.20. The molecule has 0 amide bonds. The fourth-order valence-corrected chi connectivity index (χ4v) is 2.12. The molecule has 0 aliphatic carbocycles. The molecule has 0 bridgehead atoms. The molecule has 0 saturated carbocycles. The molecule has 1 aromatic carbocycles. The van der Waals surface area contributed by atoms with E-state index in [0.29, 0.717) is 22.7 Å². The number of methoxy groups -OCH3 is 2. The lowest BCUT2D eigenvalue weighted by molar-refractivity contribution is 0.355. The molecule has 0 aliphatic rings. The van der Waals surface area contributed by atoms with E-state index in [1.54, 1.807) is 35.8 Å². The zero-order valence-corrected chi connectivity index (χ0v) is 11.6. The molecule has 2 heterocycles. The maximum atomic E-state index is 9.10. The summed E-state index contributed by atoms with van der Waals surface area (Å²) >= 11 is 0. The summed E-state index contributed by atoms with van der Waals surface area (Å²) in [5.74, 6) is 1.28. The Morgan fingerprint density at radius 3 is 2.71 bits per heavy atom. The highest BCUT2D eigenvalue weighted by Gasteiger charge is 2.10. The molecule has 0 saturated heterocycles. The van der Waals surface area contributed by atoms with E-state index in [2.05, 4.69) is 16.6 Å². The number of aromatic nitrogens is 3. The molecule has 7 heteroatoms. The lowest BCUT2D eigenvalue weighted by atomic mass is 10.3. The van der Waals surface area contributed by atoms with Crippen molar-refractivity contribution in [2.75, 3.05) is 19.6 Å². The topological polar surface area (TPSA) is 76.5 Å².